The summed E-state index contributed by atoms with van der Waals surface area (Å²) in [6.07, 6.45) is 39.8. The molecule has 0 heterocycles. The van der Waals surface area contributed by atoms with Crippen molar-refractivity contribution in [2.45, 2.75) is 186 Å². The summed E-state index contributed by atoms with van der Waals surface area (Å²) in [5, 5.41) is 0. The maximum absolute atomic E-state index is 12.9. The molecule has 0 fully saturated rings. The Balaban J connectivity index is 0.0000250. The second-order valence-corrected chi connectivity index (χ2v) is 15.0. The van der Waals surface area contributed by atoms with Gasteiger partial charge in [-0.1, -0.05) is 167 Å². The summed E-state index contributed by atoms with van der Waals surface area (Å²) in [5.74, 6) is -1.63. The van der Waals surface area contributed by atoms with E-state index in [-0.39, 0.29) is 53.9 Å². The fourth-order valence-corrected chi connectivity index (χ4v) is 6.44. The van der Waals surface area contributed by atoms with E-state index < -0.39 is 27.0 Å². The van der Waals surface area contributed by atoms with Crippen LogP contribution in [0, 0.1) is 0 Å². The fraction of sp³-hybridized carbons (Fsp3) is 0.714. The molecular formula is C42H69NaO7S. The van der Waals surface area contributed by atoms with Gasteiger partial charge in [0.2, 0.25) is 0 Å². The fourth-order valence-electron chi connectivity index (χ4n) is 5.94. The van der Waals surface area contributed by atoms with Crippen LogP contribution in [-0.2, 0) is 19.6 Å². The van der Waals surface area contributed by atoms with E-state index in [2.05, 4.69) is 26.0 Å². The molecule has 0 saturated carbocycles. The number of carbonyl (C=O) groups excluding carboxylic acids is 2. The molecule has 1 rings (SSSR count). The maximum Gasteiger partial charge on any atom is 1.00 e. The number of esters is 2. The van der Waals surface area contributed by atoms with Crippen LogP contribution >= 0.6 is 0 Å². The van der Waals surface area contributed by atoms with Crippen molar-refractivity contribution in [2.24, 2.45) is 0 Å². The van der Waals surface area contributed by atoms with E-state index in [1.165, 1.54) is 128 Å². The predicted molar refractivity (Wildman–Crippen MR) is 205 cm³/mol. The van der Waals surface area contributed by atoms with Crippen LogP contribution in [0.5, 0.6) is 0 Å². The Kier molecular flexibility index (Phi) is 33.4. The van der Waals surface area contributed by atoms with Gasteiger partial charge in [0.05, 0.1) is 29.2 Å². The van der Waals surface area contributed by atoms with Gasteiger partial charge in [-0.25, -0.2) is 18.0 Å². The average Bonchev–Trinajstić information content (AvgIpc) is 3.10. The van der Waals surface area contributed by atoms with Crippen LogP contribution in [0.3, 0.4) is 0 Å². The number of rotatable bonds is 33. The van der Waals surface area contributed by atoms with Gasteiger partial charge < -0.3 is 14.0 Å². The average molecular weight is 741 g/mol. The molecule has 7 nitrogen and oxygen atoms in total. The Morgan fingerprint density at radius 1 is 0.529 bits per heavy atom. The zero-order valence-electron chi connectivity index (χ0n) is 32.6. The Morgan fingerprint density at radius 2 is 0.863 bits per heavy atom. The maximum atomic E-state index is 12.9. The van der Waals surface area contributed by atoms with E-state index in [0.29, 0.717) is 12.8 Å². The van der Waals surface area contributed by atoms with E-state index in [1.807, 2.05) is 12.2 Å². The molecular weight excluding hydrogens is 672 g/mol. The first-order chi connectivity index (χ1) is 24.3. The first-order valence-corrected chi connectivity index (χ1v) is 21.5. The van der Waals surface area contributed by atoms with Crippen molar-refractivity contribution in [2.75, 3.05) is 13.2 Å². The van der Waals surface area contributed by atoms with Gasteiger partial charge in [-0.15, -0.1) is 0 Å². The van der Waals surface area contributed by atoms with Crippen molar-refractivity contribution >= 4 is 22.1 Å². The largest absolute Gasteiger partial charge is 1.00 e. The van der Waals surface area contributed by atoms with Gasteiger partial charge >= 0.3 is 41.5 Å². The van der Waals surface area contributed by atoms with Crippen molar-refractivity contribution in [3.63, 3.8) is 0 Å². The van der Waals surface area contributed by atoms with Gasteiger partial charge in [0.25, 0.3) is 0 Å². The predicted octanol–water partition coefficient (Wildman–Crippen LogP) is 9.20. The molecule has 0 aliphatic heterocycles. The van der Waals surface area contributed by atoms with E-state index in [0.717, 1.165) is 43.9 Å². The first-order valence-electron chi connectivity index (χ1n) is 20.0. The Bertz CT molecular complexity index is 1180. The molecule has 9 heteroatoms. The molecule has 0 amide bonds. The summed E-state index contributed by atoms with van der Waals surface area (Å²) >= 11 is 0. The number of hydrogen-bond acceptors (Lipinski definition) is 7. The molecule has 0 saturated heterocycles. The molecule has 286 valence electrons. The third kappa shape index (κ3) is 27.8. The molecule has 0 bridgehead atoms. The van der Waals surface area contributed by atoms with Crippen molar-refractivity contribution < 1.29 is 61.6 Å². The summed E-state index contributed by atoms with van der Waals surface area (Å²) in [5.41, 5.74) is -0.414. The van der Waals surface area contributed by atoms with Crippen molar-refractivity contribution in [3.05, 3.63) is 53.6 Å². The molecule has 0 atom stereocenters. The van der Waals surface area contributed by atoms with Gasteiger partial charge in [0, 0.05) is 0 Å². The van der Waals surface area contributed by atoms with Crippen molar-refractivity contribution in [1.29, 1.82) is 0 Å². The number of unbranched alkanes of at least 4 members (excludes halogenated alkanes) is 22. The number of benzene rings is 1. The second kappa shape index (κ2) is 34.3. The normalized spacial score (nSPS) is 11.7. The molecule has 0 N–H and O–H groups in total. The Morgan fingerprint density at radius 3 is 1.24 bits per heavy atom. The summed E-state index contributed by atoms with van der Waals surface area (Å²) in [6, 6.07) is 3.05. The second-order valence-electron chi connectivity index (χ2n) is 13.6. The topological polar surface area (TPSA) is 110 Å². The number of carbonyl (C=O) groups is 2. The Labute approximate surface area is 334 Å². The molecule has 1 aromatic rings. The van der Waals surface area contributed by atoms with E-state index in [4.69, 9.17) is 9.47 Å². The summed E-state index contributed by atoms with van der Waals surface area (Å²) < 4.78 is 45.5. The van der Waals surface area contributed by atoms with Gasteiger partial charge in [-0.3, -0.25) is 0 Å². The van der Waals surface area contributed by atoms with Crippen LogP contribution < -0.4 is 29.6 Å². The quantitative estimate of drug-likeness (QED) is 0.0232. The SMILES string of the molecule is CCCCCCCCCCCCC/C=C/CCOC(=O)c1ccc(S(=O)(=O)[O-])cc1C(=O)OCC/C=C/CCCCCCCCCCCCC.[Na+]. The zero-order valence-corrected chi connectivity index (χ0v) is 35.4. The van der Waals surface area contributed by atoms with Gasteiger partial charge in [0.1, 0.15) is 10.1 Å². The minimum absolute atomic E-state index is 0. The van der Waals surface area contributed by atoms with Crippen molar-refractivity contribution in [3.8, 4) is 0 Å². The Hall–Kier alpha value is -1.45. The van der Waals surface area contributed by atoms with Gasteiger partial charge in [-0.05, 0) is 56.7 Å². The van der Waals surface area contributed by atoms with E-state index in [1.54, 1.807) is 0 Å². The molecule has 0 aromatic heterocycles. The minimum Gasteiger partial charge on any atom is -0.744 e. The van der Waals surface area contributed by atoms with Gasteiger partial charge in [-0.2, -0.15) is 0 Å². The molecule has 0 spiro atoms. The molecule has 0 radical (unpaired) electrons. The summed E-state index contributed by atoms with van der Waals surface area (Å²) in [4.78, 5) is 25.1. The first kappa shape index (κ1) is 49.6. The monoisotopic (exact) mass is 740 g/mol. The van der Waals surface area contributed by atoms with Crippen LogP contribution in [0.25, 0.3) is 0 Å². The summed E-state index contributed by atoms with van der Waals surface area (Å²) in [7, 11) is -4.83. The van der Waals surface area contributed by atoms with Crippen LogP contribution in [-0.4, -0.2) is 38.1 Å². The molecule has 0 aliphatic carbocycles. The van der Waals surface area contributed by atoms with E-state index >= 15 is 0 Å². The third-order valence-corrected chi connectivity index (χ3v) is 9.87. The molecule has 0 aliphatic rings. The number of hydrogen-bond donors (Lipinski definition) is 0. The summed E-state index contributed by atoms with van der Waals surface area (Å²) in [6.45, 7) is 4.68. The molecule has 51 heavy (non-hydrogen) atoms. The van der Waals surface area contributed by atoms with E-state index in [9.17, 15) is 22.6 Å². The number of ether oxygens (including phenoxy) is 2. The van der Waals surface area contributed by atoms with Crippen LogP contribution in [0.4, 0.5) is 0 Å². The minimum atomic E-state index is -4.83. The number of allylic oxidation sites excluding steroid dienone is 2. The standard InChI is InChI=1S/C42H70O7S.Na/c1-3-5-7-9-11-13-15-17-19-21-23-25-27-29-31-35-48-41(43)39-34-33-38(50(45,46)47)37-40(39)42(44)49-36-32-30-28-26-24-22-20-18-16-14-12-10-8-6-4-2;/h27-30,33-34,37H,3-26,31-32,35-36H2,1-2H3,(H,45,46,47);/q;+1/p-1/b29-27+,30-28+;. The van der Waals surface area contributed by atoms with Gasteiger partial charge in [0.15, 0.2) is 0 Å². The molecule has 0 unspecified atom stereocenters. The van der Waals surface area contributed by atoms with Crippen molar-refractivity contribution in [1.82, 2.24) is 0 Å². The zero-order chi connectivity index (χ0) is 36.5. The van der Waals surface area contributed by atoms with Crippen LogP contribution in [0.15, 0.2) is 47.4 Å². The molecule has 1 aromatic carbocycles. The smallest absolute Gasteiger partial charge is 0.744 e. The van der Waals surface area contributed by atoms with Crippen LogP contribution in [0.1, 0.15) is 202 Å². The van der Waals surface area contributed by atoms with Crippen LogP contribution in [0.2, 0.25) is 0 Å². The third-order valence-electron chi connectivity index (χ3n) is 9.04.